The van der Waals surface area contributed by atoms with Gasteiger partial charge in [-0.3, -0.25) is 0 Å². The SMILES string of the molecule is FC(F)(F)c1ccc(NCc2cn[nH]n2)cc1. The summed E-state index contributed by atoms with van der Waals surface area (Å²) in [4.78, 5) is 0. The molecule has 0 aliphatic carbocycles. The molecule has 4 nitrogen and oxygen atoms in total. The van der Waals surface area contributed by atoms with E-state index in [1.807, 2.05) is 0 Å². The van der Waals surface area contributed by atoms with Crippen molar-refractivity contribution < 1.29 is 13.2 Å². The van der Waals surface area contributed by atoms with Gasteiger partial charge >= 0.3 is 6.18 Å². The number of H-pyrrole nitrogens is 1. The molecular weight excluding hydrogens is 233 g/mol. The molecule has 0 saturated carbocycles. The zero-order chi connectivity index (χ0) is 12.3. The molecule has 17 heavy (non-hydrogen) atoms. The third kappa shape index (κ3) is 2.96. The van der Waals surface area contributed by atoms with E-state index in [1.165, 1.54) is 18.3 Å². The Balaban J connectivity index is 1.99. The Kier molecular flexibility index (Phi) is 2.99. The molecule has 0 spiro atoms. The fraction of sp³-hybridized carbons (Fsp3) is 0.200. The van der Waals surface area contributed by atoms with Crippen LogP contribution in [-0.4, -0.2) is 15.4 Å². The summed E-state index contributed by atoms with van der Waals surface area (Å²) in [5, 5.41) is 12.8. The van der Waals surface area contributed by atoms with Crippen LogP contribution in [0.4, 0.5) is 18.9 Å². The highest BCUT2D eigenvalue weighted by atomic mass is 19.4. The summed E-state index contributed by atoms with van der Waals surface area (Å²) in [5.74, 6) is 0. The van der Waals surface area contributed by atoms with Gasteiger partial charge in [0.15, 0.2) is 0 Å². The Labute approximate surface area is 94.9 Å². The van der Waals surface area contributed by atoms with E-state index in [1.54, 1.807) is 0 Å². The highest BCUT2D eigenvalue weighted by Crippen LogP contribution is 2.29. The van der Waals surface area contributed by atoms with Crippen LogP contribution in [0.15, 0.2) is 30.5 Å². The summed E-state index contributed by atoms with van der Waals surface area (Å²) >= 11 is 0. The summed E-state index contributed by atoms with van der Waals surface area (Å²) in [6.07, 6.45) is -2.76. The number of aromatic nitrogens is 3. The number of nitrogens with zero attached hydrogens (tertiary/aromatic N) is 2. The Morgan fingerprint density at radius 1 is 1.18 bits per heavy atom. The van der Waals surface area contributed by atoms with Gasteiger partial charge in [0, 0.05) is 5.69 Å². The summed E-state index contributed by atoms with van der Waals surface area (Å²) in [7, 11) is 0. The molecule has 0 radical (unpaired) electrons. The van der Waals surface area contributed by atoms with Gasteiger partial charge in [0.1, 0.15) is 5.69 Å². The number of rotatable bonds is 3. The molecule has 0 bridgehead atoms. The van der Waals surface area contributed by atoms with Gasteiger partial charge in [0.05, 0.1) is 18.3 Å². The van der Waals surface area contributed by atoms with Crippen molar-refractivity contribution in [3.05, 3.63) is 41.7 Å². The molecule has 0 amide bonds. The lowest BCUT2D eigenvalue weighted by molar-refractivity contribution is -0.137. The van der Waals surface area contributed by atoms with Gasteiger partial charge in [0.25, 0.3) is 0 Å². The monoisotopic (exact) mass is 242 g/mol. The number of anilines is 1. The molecule has 1 aromatic carbocycles. The second-order valence-electron chi connectivity index (χ2n) is 3.39. The second kappa shape index (κ2) is 4.44. The average Bonchev–Trinajstić information content (AvgIpc) is 2.78. The van der Waals surface area contributed by atoms with Crippen molar-refractivity contribution in [2.45, 2.75) is 12.7 Å². The number of aromatic amines is 1. The first-order valence-electron chi connectivity index (χ1n) is 4.81. The van der Waals surface area contributed by atoms with E-state index in [0.29, 0.717) is 17.9 Å². The molecule has 0 aliphatic rings. The van der Waals surface area contributed by atoms with E-state index in [0.717, 1.165) is 12.1 Å². The van der Waals surface area contributed by atoms with Gasteiger partial charge in [0.2, 0.25) is 0 Å². The number of alkyl halides is 3. The van der Waals surface area contributed by atoms with Crippen LogP contribution in [0, 0.1) is 0 Å². The summed E-state index contributed by atoms with van der Waals surface area (Å²) in [6.45, 7) is 0.405. The quantitative estimate of drug-likeness (QED) is 0.869. The van der Waals surface area contributed by atoms with Crippen LogP contribution in [0.3, 0.4) is 0 Å². The number of nitrogens with one attached hydrogen (secondary N) is 2. The third-order valence-electron chi connectivity index (χ3n) is 2.15. The molecular formula is C10H9F3N4. The molecule has 7 heteroatoms. The minimum Gasteiger partial charge on any atom is -0.379 e. The van der Waals surface area contributed by atoms with Gasteiger partial charge in [-0.2, -0.15) is 28.6 Å². The van der Waals surface area contributed by atoms with Gasteiger partial charge in [-0.15, -0.1) is 0 Å². The fourth-order valence-electron chi connectivity index (χ4n) is 1.28. The lowest BCUT2D eigenvalue weighted by Crippen LogP contribution is -2.05. The van der Waals surface area contributed by atoms with Crippen molar-refractivity contribution in [2.75, 3.05) is 5.32 Å². The van der Waals surface area contributed by atoms with Crippen molar-refractivity contribution in [3.8, 4) is 0 Å². The summed E-state index contributed by atoms with van der Waals surface area (Å²) in [5.41, 5.74) is 0.621. The van der Waals surface area contributed by atoms with E-state index in [2.05, 4.69) is 20.7 Å². The highest BCUT2D eigenvalue weighted by Gasteiger charge is 2.29. The first kappa shape index (κ1) is 11.4. The van der Waals surface area contributed by atoms with Gasteiger partial charge < -0.3 is 5.32 Å². The predicted molar refractivity (Wildman–Crippen MR) is 55.2 cm³/mol. The number of hydrogen-bond acceptors (Lipinski definition) is 3. The van der Waals surface area contributed by atoms with Crippen LogP contribution in [0.25, 0.3) is 0 Å². The first-order valence-corrected chi connectivity index (χ1v) is 4.81. The van der Waals surface area contributed by atoms with Crippen molar-refractivity contribution in [1.29, 1.82) is 0 Å². The van der Waals surface area contributed by atoms with Crippen molar-refractivity contribution in [1.82, 2.24) is 15.4 Å². The third-order valence-corrected chi connectivity index (χ3v) is 2.15. The first-order chi connectivity index (χ1) is 8.05. The molecule has 1 heterocycles. The average molecular weight is 242 g/mol. The molecule has 0 unspecified atom stereocenters. The van der Waals surface area contributed by atoms with Crippen molar-refractivity contribution >= 4 is 5.69 Å². The minimum absolute atomic E-state index is 0.405. The number of hydrogen-bond donors (Lipinski definition) is 2. The van der Waals surface area contributed by atoms with E-state index in [9.17, 15) is 13.2 Å². The standard InChI is InChI=1S/C10H9F3N4/c11-10(12,13)7-1-3-8(4-2-7)14-5-9-6-15-17-16-9/h1-4,6,14H,5H2,(H,15,16,17). The van der Waals surface area contributed by atoms with E-state index in [4.69, 9.17) is 0 Å². The molecule has 0 atom stereocenters. The maximum absolute atomic E-state index is 12.3. The predicted octanol–water partition coefficient (Wildman–Crippen LogP) is 2.44. The van der Waals surface area contributed by atoms with Crippen LogP contribution >= 0.6 is 0 Å². The summed E-state index contributed by atoms with van der Waals surface area (Å²) < 4.78 is 36.9. The minimum atomic E-state index is -4.30. The summed E-state index contributed by atoms with van der Waals surface area (Å²) in [6, 6.07) is 4.82. The number of benzene rings is 1. The van der Waals surface area contributed by atoms with Crippen molar-refractivity contribution in [3.63, 3.8) is 0 Å². The number of halogens is 3. The van der Waals surface area contributed by atoms with Crippen LogP contribution in [-0.2, 0) is 12.7 Å². The van der Waals surface area contributed by atoms with Gasteiger partial charge in [-0.05, 0) is 24.3 Å². The Morgan fingerprint density at radius 3 is 2.41 bits per heavy atom. The maximum Gasteiger partial charge on any atom is 0.416 e. The Hall–Kier alpha value is -2.05. The highest BCUT2D eigenvalue weighted by molar-refractivity contribution is 5.45. The largest absolute Gasteiger partial charge is 0.416 e. The zero-order valence-corrected chi connectivity index (χ0v) is 8.62. The normalized spacial score (nSPS) is 11.5. The molecule has 0 aliphatic heterocycles. The maximum atomic E-state index is 12.3. The van der Waals surface area contributed by atoms with Gasteiger partial charge in [-0.25, -0.2) is 0 Å². The van der Waals surface area contributed by atoms with E-state index < -0.39 is 11.7 Å². The molecule has 2 aromatic rings. The molecule has 2 N–H and O–H groups in total. The molecule has 90 valence electrons. The van der Waals surface area contributed by atoms with Crippen molar-refractivity contribution in [2.24, 2.45) is 0 Å². The van der Waals surface area contributed by atoms with Crippen LogP contribution in [0.1, 0.15) is 11.3 Å². The van der Waals surface area contributed by atoms with Crippen LogP contribution in [0.5, 0.6) is 0 Å². The fourth-order valence-corrected chi connectivity index (χ4v) is 1.28. The molecule has 1 aromatic heterocycles. The smallest absolute Gasteiger partial charge is 0.379 e. The Bertz CT molecular complexity index is 461. The Morgan fingerprint density at radius 2 is 1.88 bits per heavy atom. The second-order valence-corrected chi connectivity index (χ2v) is 3.39. The van der Waals surface area contributed by atoms with Gasteiger partial charge in [-0.1, -0.05) is 0 Å². The molecule has 0 saturated heterocycles. The lowest BCUT2D eigenvalue weighted by atomic mass is 10.2. The zero-order valence-electron chi connectivity index (χ0n) is 8.62. The van der Waals surface area contributed by atoms with E-state index >= 15 is 0 Å². The lowest BCUT2D eigenvalue weighted by Gasteiger charge is -2.08. The molecule has 2 rings (SSSR count). The van der Waals surface area contributed by atoms with Crippen LogP contribution in [0.2, 0.25) is 0 Å². The van der Waals surface area contributed by atoms with Crippen LogP contribution < -0.4 is 5.32 Å². The molecule has 0 fully saturated rings. The van der Waals surface area contributed by atoms with E-state index in [-0.39, 0.29) is 0 Å². The topological polar surface area (TPSA) is 53.6 Å².